The van der Waals surface area contributed by atoms with Crippen molar-refractivity contribution in [2.24, 2.45) is 11.8 Å². The van der Waals surface area contributed by atoms with Crippen LogP contribution in [0.4, 0.5) is 23.7 Å². The topological polar surface area (TPSA) is 84.0 Å². The number of benzene rings is 1. The Balaban J connectivity index is 1.97. The molecule has 0 radical (unpaired) electrons. The summed E-state index contributed by atoms with van der Waals surface area (Å²) < 4.78 is 41.1. The summed E-state index contributed by atoms with van der Waals surface area (Å²) in [5.74, 6) is -4.97. The summed E-state index contributed by atoms with van der Waals surface area (Å²) >= 11 is 0. The van der Waals surface area contributed by atoms with Gasteiger partial charge in [0.1, 0.15) is 5.75 Å². The SMILES string of the molecule is CC(=O)C1C(=O)N(CC2CC2)C(=O)N(c2cccc(OC(F)(F)F)c2)C1=O. The molecule has 1 saturated carbocycles. The van der Waals surface area contributed by atoms with Crippen LogP contribution in [0.3, 0.4) is 0 Å². The Morgan fingerprint density at radius 1 is 1.19 bits per heavy atom. The molecule has 27 heavy (non-hydrogen) atoms. The van der Waals surface area contributed by atoms with E-state index in [1.54, 1.807) is 0 Å². The third kappa shape index (κ3) is 3.93. The summed E-state index contributed by atoms with van der Waals surface area (Å²) in [6.45, 7) is 1.11. The van der Waals surface area contributed by atoms with E-state index >= 15 is 0 Å². The van der Waals surface area contributed by atoms with Gasteiger partial charge in [-0.15, -0.1) is 13.2 Å². The van der Waals surface area contributed by atoms with Gasteiger partial charge in [-0.25, -0.2) is 9.69 Å². The molecule has 2 fully saturated rings. The van der Waals surface area contributed by atoms with Crippen molar-refractivity contribution >= 4 is 29.3 Å². The number of ether oxygens (including phenoxy) is 1. The predicted molar refractivity (Wildman–Crippen MR) is 84.6 cm³/mol. The second-order valence-electron chi connectivity index (χ2n) is 6.44. The summed E-state index contributed by atoms with van der Waals surface area (Å²) in [7, 11) is 0. The van der Waals surface area contributed by atoms with Crippen LogP contribution in [-0.4, -0.2) is 41.4 Å². The summed E-state index contributed by atoms with van der Waals surface area (Å²) in [5, 5.41) is 0. The van der Waals surface area contributed by atoms with Crippen molar-refractivity contribution in [1.29, 1.82) is 0 Å². The zero-order chi connectivity index (χ0) is 19.9. The second-order valence-corrected chi connectivity index (χ2v) is 6.44. The fourth-order valence-electron chi connectivity index (χ4n) is 2.83. The normalized spacial score (nSPS) is 20.9. The zero-order valence-corrected chi connectivity index (χ0v) is 14.2. The van der Waals surface area contributed by atoms with Crippen molar-refractivity contribution < 1.29 is 37.1 Å². The number of carbonyl (C=O) groups excluding carboxylic acids is 4. The van der Waals surface area contributed by atoms with Crippen LogP contribution >= 0.6 is 0 Å². The number of hydrogen-bond acceptors (Lipinski definition) is 5. The Hall–Kier alpha value is -2.91. The lowest BCUT2D eigenvalue weighted by Crippen LogP contribution is -2.62. The monoisotopic (exact) mass is 384 g/mol. The third-order valence-electron chi connectivity index (χ3n) is 4.26. The predicted octanol–water partition coefficient (Wildman–Crippen LogP) is 2.50. The van der Waals surface area contributed by atoms with E-state index in [9.17, 15) is 32.3 Å². The molecule has 3 rings (SSSR count). The van der Waals surface area contributed by atoms with Gasteiger partial charge < -0.3 is 4.74 Å². The minimum atomic E-state index is -4.95. The van der Waals surface area contributed by atoms with E-state index in [4.69, 9.17) is 0 Å². The number of rotatable bonds is 5. The highest BCUT2D eigenvalue weighted by molar-refractivity contribution is 6.34. The van der Waals surface area contributed by atoms with Gasteiger partial charge in [0.15, 0.2) is 11.7 Å². The molecule has 1 heterocycles. The van der Waals surface area contributed by atoms with Crippen molar-refractivity contribution in [2.45, 2.75) is 26.1 Å². The number of Topliss-reactive ketones (excluding diaryl/α,β-unsaturated/α-hetero) is 1. The van der Waals surface area contributed by atoms with Crippen LogP contribution in [0.5, 0.6) is 5.75 Å². The molecule has 10 heteroatoms. The largest absolute Gasteiger partial charge is 0.573 e. The summed E-state index contributed by atoms with van der Waals surface area (Å²) in [6.07, 6.45) is -3.33. The molecule has 4 amide bonds. The summed E-state index contributed by atoms with van der Waals surface area (Å²) in [4.78, 5) is 51.0. The average Bonchev–Trinajstić information content (AvgIpc) is 3.34. The zero-order valence-electron chi connectivity index (χ0n) is 14.2. The van der Waals surface area contributed by atoms with Gasteiger partial charge in [-0.05, 0) is 37.8 Å². The van der Waals surface area contributed by atoms with Crippen LogP contribution in [0, 0.1) is 11.8 Å². The Kier molecular flexibility index (Phi) is 4.66. The number of anilines is 1. The summed E-state index contributed by atoms with van der Waals surface area (Å²) in [6, 6.07) is 3.26. The standard InChI is InChI=1S/C17H15F3N2O5/c1-9(23)13-14(24)21(8-10-5-6-10)16(26)22(15(13)25)11-3-2-4-12(7-11)27-17(18,19)20/h2-4,7,10,13H,5-6,8H2,1H3. The molecule has 0 N–H and O–H groups in total. The van der Waals surface area contributed by atoms with E-state index < -0.39 is 41.7 Å². The van der Waals surface area contributed by atoms with Crippen molar-refractivity contribution in [3.05, 3.63) is 24.3 Å². The molecule has 1 atom stereocenters. The second kappa shape index (κ2) is 6.67. The molecule has 1 aromatic rings. The van der Waals surface area contributed by atoms with E-state index in [1.807, 2.05) is 0 Å². The number of halogens is 3. The van der Waals surface area contributed by atoms with Gasteiger partial charge in [0.2, 0.25) is 0 Å². The van der Waals surface area contributed by atoms with Gasteiger partial charge in [0, 0.05) is 12.6 Å². The van der Waals surface area contributed by atoms with Crippen LogP contribution in [0.2, 0.25) is 0 Å². The highest BCUT2D eigenvalue weighted by Crippen LogP contribution is 2.34. The molecular formula is C17H15F3N2O5. The van der Waals surface area contributed by atoms with E-state index in [1.165, 1.54) is 12.1 Å². The Morgan fingerprint density at radius 2 is 1.85 bits per heavy atom. The Morgan fingerprint density at radius 3 is 2.41 bits per heavy atom. The lowest BCUT2D eigenvalue weighted by molar-refractivity contribution is -0.274. The fraction of sp³-hybridized carbons (Fsp3) is 0.412. The minimum absolute atomic E-state index is 0.0595. The lowest BCUT2D eigenvalue weighted by Gasteiger charge is -2.36. The minimum Gasteiger partial charge on any atom is -0.406 e. The van der Waals surface area contributed by atoms with Gasteiger partial charge in [-0.1, -0.05) is 6.07 Å². The number of alkyl halides is 3. The van der Waals surface area contributed by atoms with Crippen molar-refractivity contribution in [3.8, 4) is 5.75 Å². The van der Waals surface area contributed by atoms with E-state index in [2.05, 4.69) is 4.74 Å². The number of nitrogens with zero attached hydrogens (tertiary/aromatic N) is 2. The van der Waals surface area contributed by atoms with Gasteiger partial charge >= 0.3 is 12.4 Å². The van der Waals surface area contributed by atoms with Crippen molar-refractivity contribution in [3.63, 3.8) is 0 Å². The molecule has 7 nitrogen and oxygen atoms in total. The van der Waals surface area contributed by atoms with Gasteiger partial charge in [-0.3, -0.25) is 19.3 Å². The molecular weight excluding hydrogens is 369 g/mol. The highest BCUT2D eigenvalue weighted by Gasteiger charge is 2.49. The molecule has 1 saturated heterocycles. The average molecular weight is 384 g/mol. The number of hydrogen-bond donors (Lipinski definition) is 0. The van der Waals surface area contributed by atoms with Crippen LogP contribution < -0.4 is 9.64 Å². The summed E-state index contributed by atoms with van der Waals surface area (Å²) in [5.41, 5.74) is -0.216. The molecule has 0 aromatic heterocycles. The number of imide groups is 2. The van der Waals surface area contributed by atoms with E-state index in [-0.39, 0.29) is 18.2 Å². The molecule has 0 spiro atoms. The van der Waals surface area contributed by atoms with Crippen LogP contribution in [0.1, 0.15) is 19.8 Å². The Bertz CT molecular complexity index is 819. The van der Waals surface area contributed by atoms with Crippen molar-refractivity contribution in [2.75, 3.05) is 11.4 Å². The van der Waals surface area contributed by atoms with Crippen LogP contribution in [0.15, 0.2) is 24.3 Å². The maximum Gasteiger partial charge on any atom is 0.573 e. The number of barbiturate groups is 1. The first-order valence-corrected chi connectivity index (χ1v) is 8.14. The van der Waals surface area contributed by atoms with Gasteiger partial charge in [0.05, 0.1) is 5.69 Å². The maximum absolute atomic E-state index is 12.7. The molecule has 1 unspecified atom stereocenters. The number of amides is 4. The van der Waals surface area contributed by atoms with Gasteiger partial charge in [0.25, 0.3) is 11.8 Å². The highest BCUT2D eigenvalue weighted by atomic mass is 19.4. The van der Waals surface area contributed by atoms with Crippen LogP contribution in [0.25, 0.3) is 0 Å². The van der Waals surface area contributed by atoms with E-state index in [0.29, 0.717) is 4.90 Å². The molecule has 1 aliphatic heterocycles. The molecule has 144 valence electrons. The van der Waals surface area contributed by atoms with E-state index in [0.717, 1.165) is 36.8 Å². The first-order valence-electron chi connectivity index (χ1n) is 8.14. The molecule has 0 bridgehead atoms. The number of ketones is 1. The number of carbonyl (C=O) groups is 4. The maximum atomic E-state index is 12.7. The molecule has 1 aliphatic carbocycles. The fourth-order valence-corrected chi connectivity index (χ4v) is 2.83. The smallest absolute Gasteiger partial charge is 0.406 e. The first kappa shape index (κ1) is 18.9. The number of urea groups is 1. The van der Waals surface area contributed by atoms with Gasteiger partial charge in [-0.2, -0.15) is 0 Å². The Labute approximate surface area is 151 Å². The quantitative estimate of drug-likeness (QED) is 0.729. The third-order valence-corrected chi connectivity index (χ3v) is 4.26. The first-order chi connectivity index (χ1) is 12.6. The molecule has 2 aliphatic rings. The lowest BCUT2D eigenvalue weighted by atomic mass is 9.98. The van der Waals surface area contributed by atoms with Crippen LogP contribution in [-0.2, 0) is 14.4 Å². The molecule has 1 aromatic carbocycles. The van der Waals surface area contributed by atoms with Crippen molar-refractivity contribution in [1.82, 2.24) is 4.90 Å².